The number of aromatic nitrogens is 3. The average molecular weight is 410 g/mol. The Morgan fingerprint density at radius 2 is 1.67 bits per heavy atom. The van der Waals surface area contributed by atoms with E-state index >= 15 is 0 Å². The largest absolute Gasteiger partial charge is 0.452 e. The summed E-state index contributed by atoms with van der Waals surface area (Å²) >= 11 is 0. The molecule has 0 radical (unpaired) electrons. The first kappa shape index (κ1) is 20.8. The molecule has 3 aromatic rings. The average Bonchev–Trinajstić information content (AvgIpc) is 3.03. The number of aryl methyl sites for hydroxylation is 1. The van der Waals surface area contributed by atoms with Gasteiger partial charge in [-0.15, -0.1) is 0 Å². The topological polar surface area (TPSA) is 104 Å². The van der Waals surface area contributed by atoms with Crippen molar-refractivity contribution in [2.45, 2.75) is 13.8 Å². The molecule has 156 valence electrons. The molecule has 0 spiro atoms. The minimum Gasteiger partial charge on any atom is -0.452 e. The highest BCUT2D eigenvalue weighted by Crippen LogP contribution is 2.21. The smallest absolute Gasteiger partial charge is 0.340 e. The number of hydrogen-bond acceptors (Lipinski definition) is 5. The molecule has 0 aliphatic rings. The van der Waals surface area contributed by atoms with E-state index in [1.807, 2.05) is 41.8 Å². The summed E-state index contributed by atoms with van der Waals surface area (Å²) in [4.78, 5) is 48.3. The molecule has 0 bridgehead atoms. The summed E-state index contributed by atoms with van der Waals surface area (Å²) in [5, 5.41) is 2.41. The monoisotopic (exact) mass is 410 g/mol. The molecule has 9 heteroatoms. The lowest BCUT2D eigenvalue weighted by Crippen LogP contribution is -2.38. The van der Waals surface area contributed by atoms with Crippen LogP contribution in [-0.2, 0) is 23.6 Å². The summed E-state index contributed by atoms with van der Waals surface area (Å²) in [6, 6.07) is 12.4. The number of nitrogens with one attached hydrogen (secondary N) is 1. The Morgan fingerprint density at radius 3 is 2.33 bits per heavy atom. The van der Waals surface area contributed by atoms with Crippen molar-refractivity contribution in [1.29, 1.82) is 0 Å². The van der Waals surface area contributed by atoms with Gasteiger partial charge in [0.1, 0.15) is 5.82 Å². The number of carbonyl (C=O) groups is 2. The van der Waals surface area contributed by atoms with E-state index in [0.717, 1.165) is 26.6 Å². The number of anilines is 1. The van der Waals surface area contributed by atoms with Gasteiger partial charge in [0.05, 0.1) is 5.56 Å². The second kappa shape index (κ2) is 8.24. The number of hydrogen-bond donors (Lipinski definition) is 1. The van der Waals surface area contributed by atoms with Crippen molar-refractivity contribution in [2.24, 2.45) is 14.1 Å². The summed E-state index contributed by atoms with van der Waals surface area (Å²) in [5.74, 6) is -1.28. The lowest BCUT2D eigenvalue weighted by atomic mass is 10.2. The molecule has 3 rings (SSSR count). The minimum atomic E-state index is -0.663. The molecule has 0 saturated carbocycles. The number of carbonyl (C=O) groups excluding carboxylic acids is 2. The zero-order chi connectivity index (χ0) is 22.0. The lowest BCUT2D eigenvalue weighted by Gasteiger charge is -2.11. The SMILES string of the molecule is Cc1cc(C(=O)OCC(=O)Nc2cc(=O)n(C)c(=O)n2C)c(C)n1-c1ccccc1. The summed E-state index contributed by atoms with van der Waals surface area (Å²) in [6.07, 6.45) is 0. The van der Waals surface area contributed by atoms with Crippen LogP contribution in [0.1, 0.15) is 21.7 Å². The highest BCUT2D eigenvalue weighted by atomic mass is 16.5. The molecule has 9 nitrogen and oxygen atoms in total. The fourth-order valence-corrected chi connectivity index (χ4v) is 3.18. The Kier molecular flexibility index (Phi) is 5.72. The van der Waals surface area contributed by atoms with E-state index in [0.29, 0.717) is 11.3 Å². The first-order chi connectivity index (χ1) is 14.2. The Hall–Kier alpha value is -3.88. The maximum Gasteiger partial charge on any atom is 0.340 e. The van der Waals surface area contributed by atoms with Gasteiger partial charge in [0.25, 0.3) is 11.5 Å². The molecular formula is C21H22N4O5. The number of amides is 1. The van der Waals surface area contributed by atoms with Gasteiger partial charge in [-0.05, 0) is 32.0 Å². The third-order valence-corrected chi connectivity index (χ3v) is 4.79. The maximum atomic E-state index is 12.5. The molecular weight excluding hydrogens is 388 g/mol. The van der Waals surface area contributed by atoms with Crippen LogP contribution in [0.25, 0.3) is 5.69 Å². The van der Waals surface area contributed by atoms with E-state index < -0.39 is 29.7 Å². The summed E-state index contributed by atoms with van der Waals surface area (Å²) in [6.45, 7) is 3.11. The maximum absolute atomic E-state index is 12.5. The number of ether oxygens (including phenoxy) is 1. The molecule has 30 heavy (non-hydrogen) atoms. The molecule has 2 aromatic heterocycles. The van der Waals surface area contributed by atoms with Gasteiger partial charge in [-0.1, -0.05) is 18.2 Å². The van der Waals surface area contributed by atoms with E-state index in [1.54, 1.807) is 13.0 Å². The Morgan fingerprint density at radius 1 is 1.00 bits per heavy atom. The molecule has 0 fully saturated rings. The molecule has 0 aliphatic carbocycles. The van der Waals surface area contributed by atoms with Crippen molar-refractivity contribution in [3.63, 3.8) is 0 Å². The van der Waals surface area contributed by atoms with E-state index in [2.05, 4.69) is 5.32 Å². The van der Waals surface area contributed by atoms with E-state index in [9.17, 15) is 19.2 Å². The highest BCUT2D eigenvalue weighted by molar-refractivity contribution is 5.95. The first-order valence-corrected chi connectivity index (χ1v) is 9.19. The van der Waals surface area contributed by atoms with Gasteiger partial charge in [0.2, 0.25) is 0 Å². The normalized spacial score (nSPS) is 10.7. The van der Waals surface area contributed by atoms with Gasteiger partial charge < -0.3 is 14.6 Å². The molecule has 1 amide bonds. The van der Waals surface area contributed by atoms with Crippen molar-refractivity contribution in [3.05, 3.63) is 80.3 Å². The highest BCUT2D eigenvalue weighted by Gasteiger charge is 2.19. The van der Waals surface area contributed by atoms with Gasteiger partial charge in [-0.3, -0.25) is 18.7 Å². The van der Waals surface area contributed by atoms with E-state index in [-0.39, 0.29) is 5.82 Å². The fraction of sp³-hybridized carbons (Fsp3) is 0.238. The standard InChI is InChI=1S/C21H22N4O5/c1-13-10-16(14(2)25(13)15-8-6-5-7-9-15)20(28)30-12-18(26)22-17-11-19(27)24(4)21(29)23(17)3/h5-11H,12H2,1-4H3,(H,22,26). The van der Waals surface area contributed by atoms with Gasteiger partial charge in [-0.25, -0.2) is 9.59 Å². The second-order valence-corrected chi connectivity index (χ2v) is 6.85. The summed E-state index contributed by atoms with van der Waals surface area (Å²) < 4.78 is 9.09. The third kappa shape index (κ3) is 3.95. The zero-order valence-electron chi connectivity index (χ0n) is 17.1. The van der Waals surface area contributed by atoms with Crippen LogP contribution in [0.2, 0.25) is 0 Å². The van der Waals surface area contributed by atoms with Crippen LogP contribution in [0, 0.1) is 13.8 Å². The van der Waals surface area contributed by atoms with Crippen LogP contribution in [0.15, 0.2) is 52.1 Å². The van der Waals surface area contributed by atoms with Crippen LogP contribution in [0.5, 0.6) is 0 Å². The molecule has 0 aliphatic heterocycles. The van der Waals surface area contributed by atoms with Crippen molar-refractivity contribution in [2.75, 3.05) is 11.9 Å². The van der Waals surface area contributed by atoms with Crippen molar-refractivity contribution < 1.29 is 14.3 Å². The summed E-state index contributed by atoms with van der Waals surface area (Å²) in [5.41, 5.74) is 1.67. The lowest BCUT2D eigenvalue weighted by molar-refractivity contribution is -0.119. The molecule has 1 N–H and O–H groups in total. The second-order valence-electron chi connectivity index (χ2n) is 6.85. The van der Waals surface area contributed by atoms with Crippen molar-refractivity contribution in [3.8, 4) is 5.69 Å². The molecule has 0 unspecified atom stereocenters. The van der Waals surface area contributed by atoms with Crippen LogP contribution in [0.4, 0.5) is 5.82 Å². The predicted octanol–water partition coefficient (Wildman–Crippen LogP) is 1.29. The van der Waals surface area contributed by atoms with Crippen molar-refractivity contribution in [1.82, 2.24) is 13.7 Å². The van der Waals surface area contributed by atoms with E-state index in [4.69, 9.17) is 4.74 Å². The number of esters is 1. The zero-order valence-corrected chi connectivity index (χ0v) is 17.1. The van der Waals surface area contributed by atoms with Crippen LogP contribution >= 0.6 is 0 Å². The van der Waals surface area contributed by atoms with E-state index in [1.165, 1.54) is 14.1 Å². The Labute approximate surface area is 172 Å². The van der Waals surface area contributed by atoms with Crippen LogP contribution in [-0.4, -0.2) is 32.2 Å². The number of rotatable bonds is 5. The Bertz CT molecular complexity index is 1230. The van der Waals surface area contributed by atoms with Gasteiger partial charge >= 0.3 is 11.7 Å². The number of nitrogens with zero attached hydrogens (tertiary/aromatic N) is 3. The van der Waals surface area contributed by atoms with Crippen LogP contribution in [0.3, 0.4) is 0 Å². The van der Waals surface area contributed by atoms with Crippen LogP contribution < -0.4 is 16.6 Å². The third-order valence-electron chi connectivity index (χ3n) is 4.79. The van der Waals surface area contributed by atoms with Gasteiger partial charge in [0.15, 0.2) is 6.61 Å². The minimum absolute atomic E-state index is 0.0198. The Balaban J connectivity index is 1.72. The predicted molar refractivity (Wildman–Crippen MR) is 111 cm³/mol. The molecule has 2 heterocycles. The molecule has 0 saturated heterocycles. The first-order valence-electron chi connectivity index (χ1n) is 9.19. The van der Waals surface area contributed by atoms with Gasteiger partial charge in [-0.2, -0.15) is 0 Å². The molecule has 0 atom stereocenters. The quantitative estimate of drug-likeness (QED) is 0.638. The van der Waals surface area contributed by atoms with Gasteiger partial charge in [0, 0.05) is 37.2 Å². The van der Waals surface area contributed by atoms with Crippen molar-refractivity contribution >= 4 is 17.7 Å². The fourth-order valence-electron chi connectivity index (χ4n) is 3.18. The number of para-hydroxylation sites is 1. The molecule has 1 aromatic carbocycles. The number of benzene rings is 1. The summed E-state index contributed by atoms with van der Waals surface area (Å²) in [7, 11) is 2.76.